The zero-order chi connectivity index (χ0) is 18.0. The minimum atomic E-state index is -0.135. The Kier molecular flexibility index (Phi) is 5.05. The fourth-order valence-corrected chi connectivity index (χ4v) is 4.09. The van der Waals surface area contributed by atoms with E-state index in [4.69, 9.17) is 14.2 Å². The Bertz CT molecular complexity index is 642. The van der Waals surface area contributed by atoms with E-state index < -0.39 is 0 Å². The maximum atomic E-state index is 11.8. The second-order valence-electron chi connectivity index (χ2n) is 7.51. The van der Waals surface area contributed by atoms with E-state index in [9.17, 15) is 4.79 Å². The Labute approximate surface area is 155 Å². The van der Waals surface area contributed by atoms with Crippen molar-refractivity contribution in [3.8, 4) is 11.5 Å². The Morgan fingerprint density at radius 2 is 1.96 bits per heavy atom. The highest BCUT2D eigenvalue weighted by Gasteiger charge is 2.41. The lowest BCUT2D eigenvalue weighted by Crippen LogP contribution is -2.58. The number of amides is 1. The second-order valence-corrected chi connectivity index (χ2v) is 7.51. The van der Waals surface area contributed by atoms with Crippen molar-refractivity contribution >= 4 is 5.91 Å². The summed E-state index contributed by atoms with van der Waals surface area (Å²) in [6, 6.07) is 7.85. The molecule has 0 radical (unpaired) electrons. The zero-order valence-electron chi connectivity index (χ0n) is 15.5. The van der Waals surface area contributed by atoms with Crippen molar-refractivity contribution in [2.45, 2.75) is 37.9 Å². The van der Waals surface area contributed by atoms with Gasteiger partial charge < -0.3 is 24.0 Å². The first-order chi connectivity index (χ1) is 12.7. The lowest BCUT2D eigenvalue weighted by Gasteiger charge is -2.47. The monoisotopic (exact) mass is 360 g/mol. The number of rotatable bonds is 4. The van der Waals surface area contributed by atoms with Crippen molar-refractivity contribution in [1.82, 2.24) is 9.80 Å². The molecule has 1 atom stereocenters. The van der Waals surface area contributed by atoms with Gasteiger partial charge in [0.2, 0.25) is 5.91 Å². The third-order valence-corrected chi connectivity index (χ3v) is 5.82. The third-order valence-electron chi connectivity index (χ3n) is 5.82. The molecule has 142 valence electrons. The zero-order valence-corrected chi connectivity index (χ0v) is 15.5. The molecule has 1 unspecified atom stereocenters. The van der Waals surface area contributed by atoms with Crippen LogP contribution >= 0.6 is 0 Å². The van der Waals surface area contributed by atoms with Crippen molar-refractivity contribution in [3.05, 3.63) is 24.3 Å². The summed E-state index contributed by atoms with van der Waals surface area (Å²) >= 11 is 0. The Morgan fingerprint density at radius 1 is 1.19 bits per heavy atom. The highest BCUT2D eigenvalue weighted by Crippen LogP contribution is 2.33. The smallest absolute Gasteiger partial charge is 0.248 e. The van der Waals surface area contributed by atoms with Gasteiger partial charge in [-0.25, -0.2) is 0 Å². The minimum Gasteiger partial charge on any atom is -0.486 e. The molecule has 1 spiro atoms. The van der Waals surface area contributed by atoms with Gasteiger partial charge in [0.25, 0.3) is 0 Å². The lowest BCUT2D eigenvalue weighted by molar-refractivity contribution is -0.171. The maximum Gasteiger partial charge on any atom is 0.248 e. The number of ether oxygens (including phenoxy) is 3. The van der Waals surface area contributed by atoms with E-state index in [1.807, 2.05) is 36.1 Å². The lowest BCUT2D eigenvalue weighted by atomic mass is 9.89. The van der Waals surface area contributed by atoms with Crippen LogP contribution in [0, 0.1) is 0 Å². The van der Waals surface area contributed by atoms with E-state index in [1.54, 1.807) is 0 Å². The Balaban J connectivity index is 1.24. The fraction of sp³-hybridized carbons (Fsp3) is 0.650. The Hall–Kier alpha value is -1.79. The summed E-state index contributed by atoms with van der Waals surface area (Å²) in [7, 11) is 0. The van der Waals surface area contributed by atoms with Crippen LogP contribution in [0.3, 0.4) is 0 Å². The molecule has 3 heterocycles. The molecule has 1 aromatic carbocycles. The van der Waals surface area contributed by atoms with Gasteiger partial charge in [0.05, 0.1) is 5.60 Å². The number of benzene rings is 1. The molecule has 0 bridgehead atoms. The van der Waals surface area contributed by atoms with Crippen molar-refractivity contribution in [2.75, 3.05) is 45.9 Å². The molecule has 1 aromatic rings. The van der Waals surface area contributed by atoms with Crippen LogP contribution in [0.1, 0.15) is 26.2 Å². The van der Waals surface area contributed by atoms with Gasteiger partial charge in [-0.15, -0.1) is 0 Å². The summed E-state index contributed by atoms with van der Waals surface area (Å²) < 4.78 is 17.8. The molecular weight excluding hydrogens is 332 g/mol. The number of nitrogens with zero attached hydrogens (tertiary/aromatic N) is 2. The van der Waals surface area contributed by atoms with E-state index in [-0.39, 0.29) is 24.2 Å². The van der Waals surface area contributed by atoms with Crippen LogP contribution in [0.5, 0.6) is 11.5 Å². The van der Waals surface area contributed by atoms with Crippen molar-refractivity contribution in [3.63, 3.8) is 0 Å². The van der Waals surface area contributed by atoms with Crippen LogP contribution in [0.15, 0.2) is 24.3 Å². The number of likely N-dealkylation sites (N-methyl/N-ethyl adjacent to an activating group) is 1. The SMILES string of the molecule is CCN1CC2(CCN(CCC3COc4ccccc4O3)CC2)OCC1=O. The topological polar surface area (TPSA) is 51.2 Å². The largest absolute Gasteiger partial charge is 0.486 e. The molecule has 1 amide bonds. The molecule has 0 aromatic heterocycles. The molecule has 4 rings (SSSR count). The number of morpholine rings is 1. The van der Waals surface area contributed by atoms with E-state index in [0.717, 1.165) is 63.5 Å². The predicted molar refractivity (Wildman–Crippen MR) is 97.6 cm³/mol. The first-order valence-electron chi connectivity index (χ1n) is 9.70. The maximum absolute atomic E-state index is 11.8. The molecule has 0 aliphatic carbocycles. The molecule has 26 heavy (non-hydrogen) atoms. The molecule has 0 saturated carbocycles. The highest BCUT2D eigenvalue weighted by molar-refractivity contribution is 5.78. The first-order valence-corrected chi connectivity index (χ1v) is 9.70. The molecule has 2 fully saturated rings. The van der Waals surface area contributed by atoms with Crippen molar-refractivity contribution in [2.24, 2.45) is 0 Å². The summed E-state index contributed by atoms with van der Waals surface area (Å²) in [6.45, 7) is 7.43. The summed E-state index contributed by atoms with van der Waals surface area (Å²) in [5.41, 5.74) is -0.135. The van der Waals surface area contributed by atoms with Gasteiger partial charge in [0.15, 0.2) is 11.5 Å². The van der Waals surface area contributed by atoms with E-state index in [0.29, 0.717) is 6.61 Å². The third kappa shape index (κ3) is 3.67. The average molecular weight is 360 g/mol. The van der Waals surface area contributed by atoms with Gasteiger partial charge in [-0.2, -0.15) is 0 Å². The molecule has 6 heteroatoms. The first kappa shape index (κ1) is 17.6. The summed E-state index contributed by atoms with van der Waals surface area (Å²) in [4.78, 5) is 16.3. The van der Waals surface area contributed by atoms with Crippen LogP contribution in [0.2, 0.25) is 0 Å². The fourth-order valence-electron chi connectivity index (χ4n) is 4.09. The minimum absolute atomic E-state index is 0.111. The second kappa shape index (κ2) is 7.45. The van der Waals surface area contributed by atoms with Crippen LogP contribution in [-0.4, -0.2) is 73.3 Å². The Morgan fingerprint density at radius 3 is 2.73 bits per heavy atom. The number of piperidine rings is 1. The molecule has 0 N–H and O–H groups in total. The standard InChI is InChI=1S/C20H28N2O4/c1-2-22-15-20(25-14-19(22)23)8-11-21(12-9-20)10-7-16-13-24-17-5-3-4-6-18(17)26-16/h3-6,16H,2,7-15H2,1H3. The van der Waals surface area contributed by atoms with Gasteiger partial charge in [-0.05, 0) is 31.9 Å². The normalized spacial score (nSPS) is 25.5. The van der Waals surface area contributed by atoms with Crippen LogP contribution in [-0.2, 0) is 9.53 Å². The van der Waals surface area contributed by atoms with Gasteiger partial charge in [-0.3, -0.25) is 4.79 Å². The molecule has 3 aliphatic rings. The number of carbonyl (C=O) groups is 1. The van der Waals surface area contributed by atoms with E-state index in [1.165, 1.54) is 0 Å². The van der Waals surface area contributed by atoms with Crippen molar-refractivity contribution in [1.29, 1.82) is 0 Å². The summed E-state index contributed by atoms with van der Waals surface area (Å²) in [5, 5.41) is 0. The van der Waals surface area contributed by atoms with Crippen LogP contribution in [0.4, 0.5) is 0 Å². The number of fused-ring (bicyclic) bond motifs is 1. The molecular formula is C20H28N2O4. The summed E-state index contributed by atoms with van der Waals surface area (Å²) in [5.74, 6) is 1.81. The number of para-hydroxylation sites is 2. The van der Waals surface area contributed by atoms with Gasteiger partial charge in [-0.1, -0.05) is 12.1 Å². The highest BCUT2D eigenvalue weighted by atomic mass is 16.6. The van der Waals surface area contributed by atoms with Crippen molar-refractivity contribution < 1.29 is 19.0 Å². The number of hydrogen-bond acceptors (Lipinski definition) is 5. The number of likely N-dealkylation sites (tertiary alicyclic amines) is 1. The quantitative estimate of drug-likeness (QED) is 0.821. The van der Waals surface area contributed by atoms with E-state index >= 15 is 0 Å². The molecule has 6 nitrogen and oxygen atoms in total. The van der Waals surface area contributed by atoms with Crippen LogP contribution < -0.4 is 9.47 Å². The van der Waals surface area contributed by atoms with Gasteiger partial charge in [0.1, 0.15) is 19.3 Å². The number of carbonyl (C=O) groups excluding carboxylic acids is 1. The van der Waals surface area contributed by atoms with Gasteiger partial charge in [0, 0.05) is 39.1 Å². The number of hydrogen-bond donors (Lipinski definition) is 0. The van der Waals surface area contributed by atoms with Gasteiger partial charge >= 0.3 is 0 Å². The molecule has 2 saturated heterocycles. The predicted octanol–water partition coefficient (Wildman–Crippen LogP) is 1.93. The summed E-state index contributed by atoms with van der Waals surface area (Å²) in [6.07, 6.45) is 3.05. The van der Waals surface area contributed by atoms with E-state index in [2.05, 4.69) is 4.90 Å². The van der Waals surface area contributed by atoms with Crippen LogP contribution in [0.25, 0.3) is 0 Å². The average Bonchev–Trinajstić information content (AvgIpc) is 2.69. The molecule has 3 aliphatic heterocycles.